The number of rotatable bonds is 4. The quantitative estimate of drug-likeness (QED) is 0.400. The van der Waals surface area contributed by atoms with Gasteiger partial charge in [-0.3, -0.25) is 14.6 Å². The molecule has 218 valence electrons. The maximum atomic E-state index is 15.2. The lowest BCUT2D eigenvalue weighted by Crippen LogP contribution is -2.65. The Balaban J connectivity index is 1.55. The summed E-state index contributed by atoms with van der Waals surface area (Å²) in [4.78, 5) is 41.6. The Morgan fingerprint density at radius 3 is 2.69 bits per heavy atom. The molecule has 0 spiro atoms. The Hall–Kier alpha value is -4.16. The number of aromatic nitrogens is 1. The van der Waals surface area contributed by atoms with E-state index in [1.807, 2.05) is 24.3 Å². The van der Waals surface area contributed by atoms with Crippen molar-refractivity contribution < 1.29 is 32.6 Å². The largest absolute Gasteiger partial charge is 0.514 e. The second-order valence-electron chi connectivity index (χ2n) is 10.3. The van der Waals surface area contributed by atoms with Crippen LogP contribution < -0.4 is 15.2 Å². The average Bonchev–Trinajstić information content (AvgIpc) is 3.13. The fourth-order valence-electron chi connectivity index (χ4n) is 5.61. The molecule has 3 aromatic rings. The van der Waals surface area contributed by atoms with Crippen molar-refractivity contribution in [3.63, 3.8) is 0 Å². The molecule has 2 atom stereocenters. The van der Waals surface area contributed by atoms with Crippen molar-refractivity contribution in [3.8, 4) is 5.75 Å². The van der Waals surface area contributed by atoms with Crippen LogP contribution >= 0.6 is 11.8 Å². The van der Waals surface area contributed by atoms with Crippen LogP contribution in [-0.4, -0.2) is 53.7 Å². The number of amides is 1. The Morgan fingerprint density at radius 2 is 1.90 bits per heavy atom. The molecule has 3 aliphatic rings. The molecule has 0 saturated carbocycles. The topological polar surface area (TPSA) is 90.3 Å². The number of hydrogen-bond donors (Lipinski definition) is 0. The van der Waals surface area contributed by atoms with Gasteiger partial charge in [-0.1, -0.05) is 30.8 Å². The van der Waals surface area contributed by atoms with E-state index in [1.165, 1.54) is 33.6 Å². The van der Waals surface area contributed by atoms with E-state index in [2.05, 4.69) is 6.58 Å². The van der Waals surface area contributed by atoms with Crippen molar-refractivity contribution >= 4 is 23.8 Å². The van der Waals surface area contributed by atoms with Crippen LogP contribution in [0, 0.1) is 11.6 Å². The summed E-state index contributed by atoms with van der Waals surface area (Å²) in [7, 11) is 0. The van der Waals surface area contributed by atoms with E-state index in [-0.39, 0.29) is 36.8 Å². The SMILES string of the molecule is C=C([C@@H]1c2ccccc2SCc2c1ccc(F)c2F)N1[C@@H]2COCCN2C(=O)c2c(OC(=O)OC(C)C)c(=O)ccn21. The van der Waals surface area contributed by atoms with Gasteiger partial charge in [-0.25, -0.2) is 18.3 Å². The number of nitrogens with zero attached hydrogens (tertiary/aromatic N) is 3. The van der Waals surface area contributed by atoms with E-state index < -0.39 is 53.1 Å². The Morgan fingerprint density at radius 1 is 1.12 bits per heavy atom. The van der Waals surface area contributed by atoms with Gasteiger partial charge in [0.2, 0.25) is 11.2 Å². The lowest BCUT2D eigenvalue weighted by atomic mass is 9.85. The van der Waals surface area contributed by atoms with Crippen LogP contribution in [0.2, 0.25) is 0 Å². The first kappa shape index (κ1) is 28.0. The first-order valence-corrected chi connectivity index (χ1v) is 14.4. The first-order chi connectivity index (χ1) is 20.2. The van der Waals surface area contributed by atoms with Crippen molar-refractivity contribution in [2.75, 3.05) is 24.8 Å². The van der Waals surface area contributed by atoms with E-state index in [1.54, 1.807) is 24.9 Å². The molecule has 9 nitrogen and oxygen atoms in total. The fourth-order valence-corrected chi connectivity index (χ4v) is 6.73. The lowest BCUT2D eigenvalue weighted by molar-refractivity contribution is -0.0146. The lowest BCUT2D eigenvalue weighted by Gasteiger charge is -2.50. The van der Waals surface area contributed by atoms with E-state index in [4.69, 9.17) is 14.2 Å². The van der Waals surface area contributed by atoms with E-state index in [0.717, 1.165) is 16.5 Å². The third-order valence-electron chi connectivity index (χ3n) is 7.41. The molecule has 0 bridgehead atoms. The number of halogens is 2. The molecule has 1 aromatic heterocycles. The van der Waals surface area contributed by atoms with Crippen molar-refractivity contribution in [2.24, 2.45) is 0 Å². The summed E-state index contributed by atoms with van der Waals surface area (Å²) in [6.45, 7) is 8.24. The summed E-state index contributed by atoms with van der Waals surface area (Å²) in [5.74, 6) is -3.36. The third kappa shape index (κ3) is 4.64. The minimum absolute atomic E-state index is 0.107. The Kier molecular flexibility index (Phi) is 7.27. The fraction of sp³-hybridized carbons (Fsp3) is 0.300. The molecule has 0 N–H and O–H groups in total. The van der Waals surface area contributed by atoms with Gasteiger partial charge in [0.15, 0.2) is 17.3 Å². The van der Waals surface area contributed by atoms with Gasteiger partial charge in [-0.15, -0.1) is 11.8 Å². The number of carbonyl (C=O) groups excluding carboxylic acids is 2. The predicted molar refractivity (Wildman–Crippen MR) is 150 cm³/mol. The van der Waals surface area contributed by atoms with Crippen molar-refractivity contribution in [2.45, 2.75) is 42.7 Å². The molecular formula is C30H27F2N3O6S. The van der Waals surface area contributed by atoms with Gasteiger partial charge in [0, 0.05) is 40.7 Å². The smallest absolute Gasteiger partial charge is 0.431 e. The van der Waals surface area contributed by atoms with Gasteiger partial charge in [-0.2, -0.15) is 0 Å². The monoisotopic (exact) mass is 595 g/mol. The zero-order chi connectivity index (χ0) is 29.7. The van der Waals surface area contributed by atoms with Gasteiger partial charge in [-0.05, 0) is 37.1 Å². The molecule has 0 radical (unpaired) electrons. The number of carbonyl (C=O) groups is 2. The molecule has 42 heavy (non-hydrogen) atoms. The summed E-state index contributed by atoms with van der Waals surface area (Å²) in [6.07, 6.45) is -0.939. The van der Waals surface area contributed by atoms with Crippen molar-refractivity contribution in [1.82, 2.24) is 9.58 Å². The Labute approximate surface area is 244 Å². The molecule has 1 fully saturated rings. The molecule has 2 aromatic carbocycles. The molecular weight excluding hydrogens is 568 g/mol. The highest BCUT2D eigenvalue weighted by Gasteiger charge is 2.45. The highest BCUT2D eigenvalue weighted by atomic mass is 32.2. The summed E-state index contributed by atoms with van der Waals surface area (Å²) < 4.78 is 47.2. The van der Waals surface area contributed by atoms with Crippen LogP contribution in [0.15, 0.2) is 70.6 Å². The summed E-state index contributed by atoms with van der Waals surface area (Å²) in [5.41, 5.74) is 1.09. The Bertz CT molecular complexity index is 1680. The van der Waals surface area contributed by atoms with Gasteiger partial charge in [0.1, 0.15) is 6.17 Å². The summed E-state index contributed by atoms with van der Waals surface area (Å²) in [6, 6.07) is 11.4. The predicted octanol–water partition coefficient (Wildman–Crippen LogP) is 4.75. The number of allylic oxidation sites excluding steroid dienone is 1. The molecule has 0 aliphatic carbocycles. The van der Waals surface area contributed by atoms with Crippen LogP contribution in [0.3, 0.4) is 0 Å². The minimum Gasteiger partial charge on any atom is -0.431 e. The van der Waals surface area contributed by atoms with E-state index in [0.29, 0.717) is 11.3 Å². The molecule has 12 heteroatoms. The number of hydrogen-bond acceptors (Lipinski definition) is 8. The summed E-state index contributed by atoms with van der Waals surface area (Å²) >= 11 is 1.39. The normalized spacial score (nSPS) is 19.3. The number of benzene rings is 2. The minimum atomic E-state index is -1.13. The van der Waals surface area contributed by atoms with Crippen LogP contribution in [0.5, 0.6) is 5.75 Å². The molecule has 0 unspecified atom stereocenters. The third-order valence-corrected chi connectivity index (χ3v) is 8.52. The second kappa shape index (κ2) is 10.9. The molecule has 3 aliphatic heterocycles. The van der Waals surface area contributed by atoms with Crippen LogP contribution in [0.25, 0.3) is 0 Å². The molecule has 4 heterocycles. The first-order valence-electron chi connectivity index (χ1n) is 13.4. The van der Waals surface area contributed by atoms with Crippen LogP contribution in [0.4, 0.5) is 13.6 Å². The maximum Gasteiger partial charge on any atom is 0.514 e. The maximum absolute atomic E-state index is 15.2. The van der Waals surface area contributed by atoms with Gasteiger partial charge in [0.25, 0.3) is 5.91 Å². The highest BCUT2D eigenvalue weighted by Crippen LogP contribution is 2.46. The number of fused-ring (bicyclic) bond motifs is 4. The number of morpholine rings is 1. The number of thioether (sulfide) groups is 1. The number of pyridine rings is 1. The zero-order valence-electron chi connectivity index (χ0n) is 22.8. The van der Waals surface area contributed by atoms with Crippen molar-refractivity contribution in [3.05, 3.63) is 105 Å². The summed E-state index contributed by atoms with van der Waals surface area (Å²) in [5, 5.41) is 1.69. The van der Waals surface area contributed by atoms with Crippen LogP contribution in [-0.2, 0) is 15.2 Å². The van der Waals surface area contributed by atoms with E-state index >= 15 is 4.39 Å². The van der Waals surface area contributed by atoms with E-state index in [9.17, 15) is 18.8 Å². The van der Waals surface area contributed by atoms with Crippen LogP contribution in [0.1, 0.15) is 46.9 Å². The average molecular weight is 596 g/mol. The number of ether oxygens (including phenoxy) is 3. The molecule has 6 rings (SSSR count). The van der Waals surface area contributed by atoms with Gasteiger partial charge < -0.3 is 19.1 Å². The standard InChI is InChI=1S/C30H27F2N3O6S/c1-16(2)40-30(38)41-28-22(36)10-11-34-27(28)29(37)33-12-13-39-14-24(33)35(34)17(3)25-18-8-9-21(31)26(32)20(18)15-42-23-7-5-4-6-19(23)25/h4-11,16,24-25H,3,12-15H2,1-2H3/t24-,25+/m1/s1. The van der Waals surface area contributed by atoms with Crippen molar-refractivity contribution in [1.29, 1.82) is 0 Å². The zero-order valence-corrected chi connectivity index (χ0v) is 23.7. The highest BCUT2D eigenvalue weighted by molar-refractivity contribution is 7.98. The second-order valence-corrected chi connectivity index (χ2v) is 11.3. The van der Waals surface area contributed by atoms with Gasteiger partial charge >= 0.3 is 6.16 Å². The molecule has 1 amide bonds. The molecule has 1 saturated heterocycles. The van der Waals surface area contributed by atoms with Gasteiger partial charge in [0.05, 0.1) is 25.2 Å².